The van der Waals surface area contributed by atoms with Crippen molar-refractivity contribution in [3.8, 4) is 6.07 Å². The van der Waals surface area contributed by atoms with E-state index in [0.29, 0.717) is 35.8 Å². The lowest BCUT2D eigenvalue weighted by Crippen LogP contribution is -2.42. The second kappa shape index (κ2) is 6.58. The minimum atomic E-state index is -1.50. The molecular weight excluding hydrogens is 325 g/mol. The molecule has 0 bridgehead atoms. The molecule has 3 atom stereocenters. The van der Waals surface area contributed by atoms with Crippen LogP contribution >= 0.6 is 0 Å². The standard InChI is InChI=1S/C17H22FN5O2/c1-10(17(2,3)18)15-11(7-19)6-12-8-20-16(22-23(12)15)21-13-4-5-25-9-14(13)24/h6,8,10,13-14,24H,4-5,9H2,1-3H3,(H,21,22)/t10?,13-,14-/m1/s1. The van der Waals surface area contributed by atoms with Crippen molar-refractivity contribution in [1.82, 2.24) is 14.6 Å². The molecule has 0 spiro atoms. The second-order valence-corrected chi connectivity index (χ2v) is 6.94. The van der Waals surface area contributed by atoms with E-state index in [9.17, 15) is 14.8 Å². The molecule has 0 aliphatic carbocycles. The van der Waals surface area contributed by atoms with Crippen molar-refractivity contribution in [2.45, 2.75) is 50.9 Å². The molecule has 8 heteroatoms. The largest absolute Gasteiger partial charge is 0.389 e. The van der Waals surface area contributed by atoms with Gasteiger partial charge >= 0.3 is 0 Å². The average molecular weight is 347 g/mol. The van der Waals surface area contributed by atoms with Crippen molar-refractivity contribution >= 4 is 11.5 Å². The van der Waals surface area contributed by atoms with Crippen LogP contribution in [-0.2, 0) is 4.74 Å². The first kappa shape index (κ1) is 17.6. The van der Waals surface area contributed by atoms with Crippen molar-refractivity contribution in [1.29, 1.82) is 5.26 Å². The number of nitrogens with one attached hydrogen (secondary N) is 1. The lowest BCUT2D eigenvalue weighted by molar-refractivity contribution is -0.0136. The van der Waals surface area contributed by atoms with Gasteiger partial charge in [-0.1, -0.05) is 6.92 Å². The number of aliphatic hydroxyl groups excluding tert-OH is 1. The normalized spacial score (nSPS) is 22.6. The Kier molecular flexibility index (Phi) is 4.62. The third kappa shape index (κ3) is 3.43. The van der Waals surface area contributed by atoms with Crippen LogP contribution in [0, 0.1) is 11.3 Å². The molecule has 1 unspecified atom stereocenters. The third-order valence-electron chi connectivity index (χ3n) is 4.76. The molecule has 3 heterocycles. The van der Waals surface area contributed by atoms with Crippen molar-refractivity contribution in [3.63, 3.8) is 0 Å². The molecule has 0 amide bonds. The van der Waals surface area contributed by atoms with Crippen LogP contribution in [0.2, 0.25) is 0 Å². The van der Waals surface area contributed by atoms with Crippen LogP contribution in [0.3, 0.4) is 0 Å². The molecule has 25 heavy (non-hydrogen) atoms. The summed E-state index contributed by atoms with van der Waals surface area (Å²) >= 11 is 0. The molecule has 1 aliphatic heterocycles. The highest BCUT2D eigenvalue weighted by Gasteiger charge is 2.32. The number of halogens is 1. The molecule has 134 valence electrons. The Balaban J connectivity index is 2.00. The summed E-state index contributed by atoms with van der Waals surface area (Å²) in [6.07, 6.45) is 1.58. The van der Waals surface area contributed by atoms with E-state index in [0.717, 1.165) is 0 Å². The summed E-state index contributed by atoms with van der Waals surface area (Å²) in [5, 5.41) is 26.9. The van der Waals surface area contributed by atoms with Crippen molar-refractivity contribution in [3.05, 3.63) is 23.5 Å². The topological polar surface area (TPSA) is 95.5 Å². The lowest BCUT2D eigenvalue weighted by atomic mass is 9.90. The Morgan fingerprint density at radius 2 is 2.32 bits per heavy atom. The molecular formula is C17H22FN5O2. The fourth-order valence-corrected chi connectivity index (χ4v) is 2.94. The number of aromatic nitrogens is 3. The van der Waals surface area contributed by atoms with Gasteiger partial charge in [-0.05, 0) is 26.3 Å². The minimum Gasteiger partial charge on any atom is -0.389 e. The molecule has 0 aromatic carbocycles. The van der Waals surface area contributed by atoms with Crippen molar-refractivity contribution in [2.24, 2.45) is 0 Å². The van der Waals surface area contributed by atoms with Crippen LogP contribution in [0.25, 0.3) is 5.52 Å². The molecule has 1 saturated heterocycles. The predicted octanol–water partition coefficient (Wildman–Crippen LogP) is 2.01. The lowest BCUT2D eigenvalue weighted by Gasteiger charge is -2.28. The fourth-order valence-electron chi connectivity index (χ4n) is 2.94. The molecule has 7 nitrogen and oxygen atoms in total. The molecule has 0 saturated carbocycles. The zero-order chi connectivity index (χ0) is 18.2. The van der Waals surface area contributed by atoms with Crippen molar-refractivity contribution < 1.29 is 14.2 Å². The minimum absolute atomic E-state index is 0.212. The SMILES string of the molecule is CC(c1c(C#N)cc2cnc(N[C@@H]3CCOC[C@H]3O)nn12)C(C)(C)F. The molecule has 1 fully saturated rings. The maximum atomic E-state index is 14.5. The summed E-state index contributed by atoms with van der Waals surface area (Å²) < 4.78 is 21.3. The highest BCUT2D eigenvalue weighted by Crippen LogP contribution is 2.34. The highest BCUT2D eigenvalue weighted by atomic mass is 19.1. The summed E-state index contributed by atoms with van der Waals surface area (Å²) in [6, 6.07) is 3.56. The van der Waals surface area contributed by atoms with Crippen LogP contribution in [0.4, 0.5) is 10.3 Å². The van der Waals surface area contributed by atoms with Gasteiger partial charge < -0.3 is 15.2 Å². The van der Waals surface area contributed by atoms with Crippen molar-refractivity contribution in [2.75, 3.05) is 18.5 Å². The predicted molar refractivity (Wildman–Crippen MR) is 90.2 cm³/mol. The molecule has 1 aliphatic rings. The Hall–Kier alpha value is -2.24. The Bertz CT molecular complexity index is 808. The van der Waals surface area contributed by atoms with E-state index in [1.165, 1.54) is 13.8 Å². The second-order valence-electron chi connectivity index (χ2n) is 6.94. The number of ether oxygens (including phenoxy) is 1. The summed E-state index contributed by atoms with van der Waals surface area (Å²) in [5.41, 5.74) is 0.0227. The average Bonchev–Trinajstić information content (AvgIpc) is 2.93. The van der Waals surface area contributed by atoms with E-state index < -0.39 is 17.7 Å². The summed E-state index contributed by atoms with van der Waals surface area (Å²) in [6.45, 7) is 5.52. The first-order valence-corrected chi connectivity index (χ1v) is 8.31. The highest BCUT2D eigenvalue weighted by molar-refractivity contribution is 5.57. The van der Waals surface area contributed by atoms with Gasteiger partial charge in [-0.15, -0.1) is 5.10 Å². The number of nitrogens with zero attached hydrogens (tertiary/aromatic N) is 4. The number of alkyl halides is 1. The zero-order valence-electron chi connectivity index (χ0n) is 14.5. The first-order chi connectivity index (χ1) is 11.8. The molecule has 2 N–H and O–H groups in total. The Morgan fingerprint density at radius 1 is 1.56 bits per heavy atom. The van der Waals surface area contributed by atoms with E-state index in [4.69, 9.17) is 4.74 Å². The van der Waals surface area contributed by atoms with E-state index in [2.05, 4.69) is 21.5 Å². The molecule has 2 aromatic rings. The number of hydrogen-bond donors (Lipinski definition) is 2. The van der Waals surface area contributed by atoms with E-state index in [-0.39, 0.29) is 12.6 Å². The van der Waals surface area contributed by atoms with E-state index in [1.807, 2.05) is 0 Å². The number of rotatable bonds is 4. The fraction of sp³-hybridized carbons (Fsp3) is 0.588. The van der Waals surface area contributed by atoms with Crippen LogP contribution in [0.1, 0.15) is 44.4 Å². The number of anilines is 1. The van der Waals surface area contributed by atoms with Gasteiger partial charge in [0, 0.05) is 12.5 Å². The molecule has 2 aromatic heterocycles. The van der Waals surface area contributed by atoms with E-state index >= 15 is 0 Å². The third-order valence-corrected chi connectivity index (χ3v) is 4.76. The van der Waals surface area contributed by atoms with Crippen LogP contribution < -0.4 is 5.32 Å². The zero-order valence-corrected chi connectivity index (χ0v) is 14.5. The van der Waals surface area contributed by atoms with Gasteiger partial charge in [0.05, 0.1) is 41.7 Å². The first-order valence-electron chi connectivity index (χ1n) is 8.31. The van der Waals surface area contributed by atoms with E-state index in [1.54, 1.807) is 23.7 Å². The Morgan fingerprint density at radius 3 is 2.96 bits per heavy atom. The monoisotopic (exact) mass is 347 g/mol. The smallest absolute Gasteiger partial charge is 0.241 e. The summed E-state index contributed by atoms with van der Waals surface area (Å²) in [5.74, 6) is -0.204. The number of nitriles is 1. The molecule has 3 rings (SSSR count). The quantitative estimate of drug-likeness (QED) is 0.878. The van der Waals surface area contributed by atoms with Gasteiger partial charge in [-0.2, -0.15) is 5.26 Å². The van der Waals surface area contributed by atoms with Gasteiger partial charge in [0.2, 0.25) is 5.95 Å². The summed E-state index contributed by atoms with van der Waals surface area (Å²) in [4.78, 5) is 4.25. The van der Waals surface area contributed by atoms with Gasteiger partial charge in [-0.25, -0.2) is 13.9 Å². The van der Waals surface area contributed by atoms with Crippen LogP contribution in [0.15, 0.2) is 12.3 Å². The maximum Gasteiger partial charge on any atom is 0.241 e. The maximum absolute atomic E-state index is 14.5. The van der Waals surface area contributed by atoms with Gasteiger partial charge in [0.15, 0.2) is 0 Å². The molecule has 0 radical (unpaired) electrons. The van der Waals surface area contributed by atoms with Crippen LogP contribution in [-0.4, -0.2) is 50.7 Å². The number of aliphatic hydroxyl groups is 1. The van der Waals surface area contributed by atoms with Crippen LogP contribution in [0.5, 0.6) is 0 Å². The Labute approximate surface area is 145 Å². The summed E-state index contributed by atoms with van der Waals surface area (Å²) in [7, 11) is 0. The number of fused-ring (bicyclic) bond motifs is 1. The van der Waals surface area contributed by atoms with Gasteiger partial charge in [-0.3, -0.25) is 0 Å². The van der Waals surface area contributed by atoms with Gasteiger partial charge in [0.1, 0.15) is 11.7 Å². The number of hydrogen-bond acceptors (Lipinski definition) is 6. The van der Waals surface area contributed by atoms with Gasteiger partial charge in [0.25, 0.3) is 0 Å².